The molecule has 1 N–H and O–H groups in total. The smallest absolute Gasteiger partial charge is 0.126 e. The van der Waals surface area contributed by atoms with E-state index in [1.54, 1.807) is 6.07 Å². The lowest BCUT2D eigenvalue weighted by Gasteiger charge is -2.32. The lowest BCUT2D eigenvalue weighted by molar-refractivity contribution is 0.306. The van der Waals surface area contributed by atoms with Crippen molar-refractivity contribution in [3.8, 4) is 0 Å². The highest BCUT2D eigenvalue weighted by molar-refractivity contribution is 5.27. The van der Waals surface area contributed by atoms with E-state index in [4.69, 9.17) is 0 Å². The van der Waals surface area contributed by atoms with Crippen LogP contribution in [0.2, 0.25) is 0 Å². The molecule has 0 amide bonds. The standard InChI is InChI=1S/C15H22FN/c1-3-4-13-10-17-8-7-14(13)12-5-6-15(16)11(2)9-12/h5-6,9,13-14,17H,3-4,7-8,10H2,1-2H3. The van der Waals surface area contributed by atoms with Crippen LogP contribution in [0.1, 0.15) is 43.2 Å². The molecule has 0 saturated carbocycles. The van der Waals surface area contributed by atoms with Crippen LogP contribution in [0.25, 0.3) is 0 Å². The maximum absolute atomic E-state index is 13.3. The van der Waals surface area contributed by atoms with Gasteiger partial charge in [-0.05, 0) is 61.9 Å². The third kappa shape index (κ3) is 2.86. The number of hydrogen-bond donors (Lipinski definition) is 1. The highest BCUT2D eigenvalue weighted by atomic mass is 19.1. The van der Waals surface area contributed by atoms with Gasteiger partial charge in [-0.25, -0.2) is 4.39 Å². The molecule has 94 valence electrons. The van der Waals surface area contributed by atoms with Crippen molar-refractivity contribution in [3.05, 3.63) is 35.1 Å². The summed E-state index contributed by atoms with van der Waals surface area (Å²) in [6.07, 6.45) is 3.66. The minimum Gasteiger partial charge on any atom is -0.316 e. The Balaban J connectivity index is 2.20. The second kappa shape index (κ2) is 5.63. The number of benzene rings is 1. The number of hydrogen-bond acceptors (Lipinski definition) is 1. The van der Waals surface area contributed by atoms with Crippen LogP contribution in [0.4, 0.5) is 4.39 Å². The number of aryl methyl sites for hydroxylation is 1. The predicted molar refractivity (Wildman–Crippen MR) is 69.8 cm³/mol. The minimum absolute atomic E-state index is 0.0882. The van der Waals surface area contributed by atoms with E-state index in [9.17, 15) is 4.39 Å². The van der Waals surface area contributed by atoms with Crippen molar-refractivity contribution < 1.29 is 4.39 Å². The van der Waals surface area contributed by atoms with Crippen molar-refractivity contribution >= 4 is 0 Å². The fourth-order valence-corrected chi connectivity index (χ4v) is 2.93. The Labute approximate surface area is 103 Å². The topological polar surface area (TPSA) is 12.0 Å². The van der Waals surface area contributed by atoms with Crippen molar-refractivity contribution in [1.82, 2.24) is 5.32 Å². The largest absolute Gasteiger partial charge is 0.316 e. The van der Waals surface area contributed by atoms with E-state index in [-0.39, 0.29) is 5.82 Å². The van der Waals surface area contributed by atoms with Gasteiger partial charge in [-0.15, -0.1) is 0 Å². The van der Waals surface area contributed by atoms with Crippen molar-refractivity contribution in [2.75, 3.05) is 13.1 Å². The van der Waals surface area contributed by atoms with Gasteiger partial charge in [0.1, 0.15) is 5.82 Å². The molecule has 1 aromatic rings. The highest BCUT2D eigenvalue weighted by Crippen LogP contribution is 2.33. The molecule has 0 aromatic heterocycles. The first kappa shape index (κ1) is 12.6. The average molecular weight is 235 g/mol. The molecular weight excluding hydrogens is 213 g/mol. The van der Waals surface area contributed by atoms with Gasteiger partial charge in [0.2, 0.25) is 0 Å². The van der Waals surface area contributed by atoms with E-state index in [1.807, 2.05) is 19.1 Å². The Bertz CT molecular complexity index is 373. The number of nitrogens with one attached hydrogen (secondary N) is 1. The highest BCUT2D eigenvalue weighted by Gasteiger charge is 2.25. The van der Waals surface area contributed by atoms with Gasteiger partial charge in [0.25, 0.3) is 0 Å². The van der Waals surface area contributed by atoms with E-state index >= 15 is 0 Å². The summed E-state index contributed by atoms with van der Waals surface area (Å²) in [4.78, 5) is 0. The molecule has 1 aliphatic rings. The first-order valence-corrected chi connectivity index (χ1v) is 6.69. The molecule has 2 unspecified atom stereocenters. The Kier molecular flexibility index (Phi) is 4.16. The monoisotopic (exact) mass is 235 g/mol. The van der Waals surface area contributed by atoms with Crippen LogP contribution in [0.3, 0.4) is 0 Å². The summed E-state index contributed by atoms with van der Waals surface area (Å²) in [7, 11) is 0. The van der Waals surface area contributed by atoms with E-state index < -0.39 is 0 Å². The van der Waals surface area contributed by atoms with E-state index in [1.165, 1.54) is 24.8 Å². The van der Waals surface area contributed by atoms with Crippen molar-refractivity contribution in [2.45, 2.75) is 39.0 Å². The summed E-state index contributed by atoms with van der Waals surface area (Å²) in [5, 5.41) is 3.47. The van der Waals surface area contributed by atoms with Gasteiger partial charge in [-0.1, -0.05) is 25.5 Å². The quantitative estimate of drug-likeness (QED) is 0.843. The molecule has 1 heterocycles. The average Bonchev–Trinajstić information content (AvgIpc) is 2.34. The van der Waals surface area contributed by atoms with Crippen LogP contribution >= 0.6 is 0 Å². The third-order valence-electron chi connectivity index (χ3n) is 3.88. The Morgan fingerprint density at radius 3 is 2.94 bits per heavy atom. The number of rotatable bonds is 3. The summed E-state index contributed by atoms with van der Waals surface area (Å²) in [6.45, 7) is 6.28. The van der Waals surface area contributed by atoms with Crippen LogP contribution in [-0.2, 0) is 0 Å². The normalized spacial score (nSPS) is 24.9. The lowest BCUT2D eigenvalue weighted by Crippen LogP contribution is -2.35. The Morgan fingerprint density at radius 2 is 2.24 bits per heavy atom. The summed E-state index contributed by atoms with van der Waals surface area (Å²) in [5.74, 6) is 1.23. The molecule has 1 nitrogen and oxygen atoms in total. The summed E-state index contributed by atoms with van der Waals surface area (Å²) in [5.41, 5.74) is 2.10. The fraction of sp³-hybridized carbons (Fsp3) is 0.600. The zero-order chi connectivity index (χ0) is 12.3. The molecule has 1 aliphatic heterocycles. The van der Waals surface area contributed by atoms with Gasteiger partial charge in [0.15, 0.2) is 0 Å². The van der Waals surface area contributed by atoms with Crippen LogP contribution < -0.4 is 5.32 Å². The third-order valence-corrected chi connectivity index (χ3v) is 3.88. The van der Waals surface area contributed by atoms with Crippen LogP contribution in [0.15, 0.2) is 18.2 Å². The zero-order valence-electron chi connectivity index (χ0n) is 10.8. The number of piperidine rings is 1. The molecule has 1 fully saturated rings. The van der Waals surface area contributed by atoms with E-state index in [0.29, 0.717) is 11.8 Å². The molecule has 0 bridgehead atoms. The molecular formula is C15H22FN. The van der Waals surface area contributed by atoms with Crippen LogP contribution in [0.5, 0.6) is 0 Å². The van der Waals surface area contributed by atoms with E-state index in [2.05, 4.69) is 12.2 Å². The van der Waals surface area contributed by atoms with Gasteiger partial charge in [0.05, 0.1) is 0 Å². The maximum Gasteiger partial charge on any atom is 0.126 e. The summed E-state index contributed by atoms with van der Waals surface area (Å²) in [6, 6.07) is 5.63. The molecule has 2 atom stereocenters. The van der Waals surface area contributed by atoms with Crippen molar-refractivity contribution in [2.24, 2.45) is 5.92 Å². The molecule has 0 radical (unpaired) electrons. The molecule has 1 aromatic carbocycles. The molecule has 17 heavy (non-hydrogen) atoms. The summed E-state index contributed by atoms with van der Waals surface area (Å²) < 4.78 is 13.3. The van der Waals surface area contributed by atoms with E-state index in [0.717, 1.165) is 18.7 Å². The van der Waals surface area contributed by atoms with Gasteiger partial charge in [-0.3, -0.25) is 0 Å². The first-order valence-electron chi connectivity index (χ1n) is 6.69. The van der Waals surface area contributed by atoms with Crippen molar-refractivity contribution in [1.29, 1.82) is 0 Å². The van der Waals surface area contributed by atoms with Crippen LogP contribution in [-0.4, -0.2) is 13.1 Å². The fourth-order valence-electron chi connectivity index (χ4n) is 2.93. The second-order valence-corrected chi connectivity index (χ2v) is 5.16. The summed E-state index contributed by atoms with van der Waals surface area (Å²) >= 11 is 0. The molecule has 2 rings (SSSR count). The lowest BCUT2D eigenvalue weighted by atomic mass is 9.78. The first-order chi connectivity index (χ1) is 8.22. The molecule has 0 aliphatic carbocycles. The zero-order valence-corrected chi connectivity index (χ0v) is 10.8. The van der Waals surface area contributed by atoms with Gasteiger partial charge >= 0.3 is 0 Å². The SMILES string of the molecule is CCCC1CNCCC1c1ccc(F)c(C)c1. The Morgan fingerprint density at radius 1 is 1.41 bits per heavy atom. The van der Waals surface area contributed by atoms with Gasteiger partial charge < -0.3 is 5.32 Å². The predicted octanol–water partition coefficient (Wildman–Crippen LogP) is 3.63. The molecule has 0 spiro atoms. The van der Waals surface area contributed by atoms with Gasteiger partial charge in [0, 0.05) is 0 Å². The molecule has 2 heteroatoms. The van der Waals surface area contributed by atoms with Crippen molar-refractivity contribution in [3.63, 3.8) is 0 Å². The second-order valence-electron chi connectivity index (χ2n) is 5.16. The molecule has 1 saturated heterocycles. The maximum atomic E-state index is 13.3. The Hall–Kier alpha value is -0.890. The van der Waals surface area contributed by atoms with Gasteiger partial charge in [-0.2, -0.15) is 0 Å². The minimum atomic E-state index is -0.0882. The van der Waals surface area contributed by atoms with Crippen LogP contribution in [0, 0.1) is 18.7 Å². The number of halogens is 1.